The van der Waals surface area contributed by atoms with E-state index in [1.54, 1.807) is 4.90 Å². The molecule has 0 unspecified atom stereocenters. The Morgan fingerprint density at radius 1 is 1.22 bits per heavy atom. The molecule has 0 aliphatic carbocycles. The first-order valence-electron chi connectivity index (χ1n) is 9.37. The van der Waals surface area contributed by atoms with Crippen LogP contribution in [0.1, 0.15) is 13.8 Å². The summed E-state index contributed by atoms with van der Waals surface area (Å²) in [7, 11) is 0. The summed E-state index contributed by atoms with van der Waals surface area (Å²) in [6.45, 7) is 4.05. The zero-order valence-corrected chi connectivity index (χ0v) is 15.3. The van der Waals surface area contributed by atoms with E-state index < -0.39 is 17.4 Å². The minimum atomic E-state index is -0.737. The lowest BCUT2D eigenvalue weighted by atomic mass is 9.77. The second-order valence-electron chi connectivity index (χ2n) is 7.81. The minimum absolute atomic E-state index is 0.0658. The van der Waals surface area contributed by atoms with Gasteiger partial charge in [-0.25, -0.2) is 0 Å². The number of carbonyl (C=O) groups is 2. The fraction of sp³-hybridized carbons (Fsp3) is 0.364. The Kier molecular flexibility index (Phi) is 3.46. The van der Waals surface area contributed by atoms with Gasteiger partial charge in [-0.05, 0) is 25.3 Å². The third kappa shape index (κ3) is 2.28. The van der Waals surface area contributed by atoms with E-state index in [2.05, 4.69) is 0 Å². The quantitative estimate of drug-likeness (QED) is 0.621. The van der Waals surface area contributed by atoms with E-state index in [1.807, 2.05) is 68.5 Å². The maximum absolute atomic E-state index is 13.4. The SMILES string of the molecule is CC(C)OC(=O)[C@H]1[C@H]2C(=O)N(c3cccc4ccccc34)C[C@]23C=C[C@H]1O3. The molecule has 138 valence electrons. The van der Waals surface area contributed by atoms with Gasteiger partial charge in [0.1, 0.15) is 11.5 Å². The molecule has 5 heteroatoms. The molecule has 5 rings (SSSR count). The molecule has 1 amide bonds. The molecule has 3 aliphatic rings. The highest BCUT2D eigenvalue weighted by atomic mass is 16.6. The normalized spacial score (nSPS) is 31.1. The van der Waals surface area contributed by atoms with E-state index in [0.717, 1.165) is 16.5 Å². The van der Waals surface area contributed by atoms with Crippen LogP contribution in [0, 0.1) is 11.8 Å². The molecule has 4 atom stereocenters. The lowest BCUT2D eigenvalue weighted by molar-refractivity contribution is -0.156. The van der Waals surface area contributed by atoms with Crippen molar-refractivity contribution in [1.82, 2.24) is 0 Å². The van der Waals surface area contributed by atoms with Crippen LogP contribution in [0.25, 0.3) is 10.8 Å². The molecule has 0 radical (unpaired) electrons. The molecule has 2 aromatic carbocycles. The predicted molar refractivity (Wildman–Crippen MR) is 101 cm³/mol. The maximum atomic E-state index is 13.4. The highest BCUT2D eigenvalue weighted by Crippen LogP contribution is 2.53. The molecular formula is C22H21NO4. The Labute approximate surface area is 157 Å². The van der Waals surface area contributed by atoms with E-state index in [1.165, 1.54) is 0 Å². The van der Waals surface area contributed by atoms with E-state index in [4.69, 9.17) is 9.47 Å². The smallest absolute Gasteiger partial charge is 0.313 e. The van der Waals surface area contributed by atoms with Crippen LogP contribution >= 0.6 is 0 Å². The molecule has 0 saturated carbocycles. The van der Waals surface area contributed by atoms with Crippen LogP contribution in [0.4, 0.5) is 5.69 Å². The van der Waals surface area contributed by atoms with Gasteiger partial charge in [0.15, 0.2) is 0 Å². The van der Waals surface area contributed by atoms with Crippen molar-refractivity contribution in [2.24, 2.45) is 11.8 Å². The first-order chi connectivity index (χ1) is 13.0. The lowest BCUT2D eigenvalue weighted by Crippen LogP contribution is -2.40. The molecule has 3 heterocycles. The summed E-state index contributed by atoms with van der Waals surface area (Å²) in [6, 6.07) is 13.9. The molecule has 5 nitrogen and oxygen atoms in total. The molecule has 3 aliphatic heterocycles. The molecule has 0 aromatic heterocycles. The molecule has 0 N–H and O–H groups in total. The zero-order valence-electron chi connectivity index (χ0n) is 15.3. The third-order valence-corrected chi connectivity index (χ3v) is 5.78. The van der Waals surface area contributed by atoms with E-state index in [-0.39, 0.29) is 24.1 Å². The van der Waals surface area contributed by atoms with Gasteiger partial charge in [0.05, 0.1) is 30.4 Å². The van der Waals surface area contributed by atoms with E-state index in [0.29, 0.717) is 6.54 Å². The topological polar surface area (TPSA) is 55.8 Å². The molecule has 2 aromatic rings. The van der Waals surface area contributed by atoms with Gasteiger partial charge in [-0.2, -0.15) is 0 Å². The maximum Gasteiger partial charge on any atom is 0.313 e. The van der Waals surface area contributed by atoms with Crippen molar-refractivity contribution in [2.75, 3.05) is 11.4 Å². The largest absolute Gasteiger partial charge is 0.463 e. The number of hydrogen-bond donors (Lipinski definition) is 0. The number of nitrogens with zero attached hydrogens (tertiary/aromatic N) is 1. The first kappa shape index (κ1) is 16.5. The monoisotopic (exact) mass is 363 g/mol. The summed E-state index contributed by atoms with van der Waals surface area (Å²) in [5, 5.41) is 2.10. The Morgan fingerprint density at radius 3 is 2.81 bits per heavy atom. The van der Waals surface area contributed by atoms with Crippen LogP contribution in [0.3, 0.4) is 0 Å². The Balaban J connectivity index is 1.55. The van der Waals surface area contributed by atoms with Crippen molar-refractivity contribution in [3.8, 4) is 0 Å². The summed E-state index contributed by atoms with van der Waals surface area (Å²) in [5.41, 5.74) is 0.123. The number of ether oxygens (including phenoxy) is 2. The van der Waals surface area contributed by atoms with Gasteiger partial charge in [0.2, 0.25) is 5.91 Å². The van der Waals surface area contributed by atoms with Gasteiger partial charge in [0.25, 0.3) is 0 Å². The summed E-state index contributed by atoms with van der Waals surface area (Å²) < 4.78 is 11.6. The van der Waals surface area contributed by atoms with Gasteiger partial charge >= 0.3 is 5.97 Å². The van der Waals surface area contributed by atoms with Crippen molar-refractivity contribution >= 4 is 28.3 Å². The highest BCUT2D eigenvalue weighted by Gasteiger charge is 2.67. The Morgan fingerprint density at radius 2 is 2.00 bits per heavy atom. The fourth-order valence-electron chi connectivity index (χ4n) is 4.73. The fourth-order valence-corrected chi connectivity index (χ4v) is 4.73. The number of hydrogen-bond acceptors (Lipinski definition) is 4. The Bertz CT molecular complexity index is 976. The molecule has 2 saturated heterocycles. The number of carbonyl (C=O) groups excluding carboxylic acids is 2. The van der Waals surface area contributed by atoms with Gasteiger partial charge in [0, 0.05) is 5.39 Å². The van der Waals surface area contributed by atoms with Crippen LogP contribution < -0.4 is 4.90 Å². The number of rotatable bonds is 3. The minimum Gasteiger partial charge on any atom is -0.463 e. The highest BCUT2D eigenvalue weighted by molar-refractivity contribution is 6.08. The van der Waals surface area contributed by atoms with Crippen molar-refractivity contribution in [2.45, 2.75) is 31.7 Å². The first-order valence-corrected chi connectivity index (χ1v) is 9.37. The van der Waals surface area contributed by atoms with Gasteiger partial charge in [-0.3, -0.25) is 9.59 Å². The lowest BCUT2D eigenvalue weighted by Gasteiger charge is -2.23. The van der Waals surface area contributed by atoms with Crippen LogP contribution in [0.5, 0.6) is 0 Å². The van der Waals surface area contributed by atoms with Crippen molar-refractivity contribution in [3.05, 3.63) is 54.6 Å². The second kappa shape index (κ2) is 5.67. The molecule has 2 bridgehead atoms. The predicted octanol–water partition coefficient (Wildman–Crippen LogP) is 3.08. The van der Waals surface area contributed by atoms with Gasteiger partial charge < -0.3 is 14.4 Å². The van der Waals surface area contributed by atoms with Crippen LogP contribution in [0.15, 0.2) is 54.6 Å². The number of esters is 1. The third-order valence-electron chi connectivity index (χ3n) is 5.78. The molecule has 2 fully saturated rings. The molecule has 27 heavy (non-hydrogen) atoms. The summed E-state index contributed by atoms with van der Waals surface area (Å²) in [5.74, 6) is -1.52. The summed E-state index contributed by atoms with van der Waals surface area (Å²) in [6.07, 6.45) is 3.27. The van der Waals surface area contributed by atoms with E-state index >= 15 is 0 Å². The summed E-state index contributed by atoms with van der Waals surface area (Å²) >= 11 is 0. The standard InChI is InChI=1S/C22H21NO4/c1-13(2)26-21(25)18-17-10-11-22(27-17)12-23(20(24)19(18)22)16-9-5-7-14-6-3-4-8-15(14)16/h3-11,13,17-19H,12H2,1-2H3/t17-,18-,19+,22-/m1/s1. The molecular weight excluding hydrogens is 342 g/mol. The zero-order chi connectivity index (χ0) is 18.8. The number of benzene rings is 2. The average Bonchev–Trinajstić information content (AvgIpc) is 3.29. The second-order valence-corrected chi connectivity index (χ2v) is 7.81. The van der Waals surface area contributed by atoms with E-state index in [9.17, 15) is 9.59 Å². The van der Waals surface area contributed by atoms with Gasteiger partial charge in [-0.1, -0.05) is 48.6 Å². The van der Waals surface area contributed by atoms with Crippen LogP contribution in [0.2, 0.25) is 0 Å². The number of fused-ring (bicyclic) bond motifs is 2. The Hall–Kier alpha value is -2.66. The van der Waals surface area contributed by atoms with Crippen molar-refractivity contribution in [1.29, 1.82) is 0 Å². The molecule has 1 spiro atoms. The number of anilines is 1. The number of amides is 1. The summed E-state index contributed by atoms with van der Waals surface area (Å²) in [4.78, 5) is 27.9. The van der Waals surface area contributed by atoms with Crippen molar-refractivity contribution < 1.29 is 19.1 Å². The van der Waals surface area contributed by atoms with Crippen molar-refractivity contribution in [3.63, 3.8) is 0 Å². The van der Waals surface area contributed by atoms with Gasteiger partial charge in [-0.15, -0.1) is 0 Å². The van der Waals surface area contributed by atoms with Crippen LogP contribution in [-0.2, 0) is 19.1 Å². The average molecular weight is 363 g/mol. The van der Waals surface area contributed by atoms with Crippen LogP contribution in [-0.4, -0.2) is 36.2 Å².